The highest BCUT2D eigenvalue weighted by Gasteiger charge is 2.17. The summed E-state index contributed by atoms with van der Waals surface area (Å²) in [4.78, 5) is 5.87. The molecule has 1 aliphatic rings. The van der Waals surface area contributed by atoms with Crippen LogP contribution < -0.4 is 0 Å². The molecular formula is C13H19NO. The molecule has 2 rings (SSSR count). The first-order valence-electron chi connectivity index (χ1n) is 5.70. The fraction of sp³-hybridized carbons (Fsp3) is 0.538. The monoisotopic (exact) mass is 205 g/mol. The van der Waals surface area contributed by atoms with E-state index in [1.54, 1.807) is 0 Å². The van der Waals surface area contributed by atoms with Crippen LogP contribution in [0.2, 0.25) is 0 Å². The Morgan fingerprint density at radius 1 is 1.20 bits per heavy atom. The van der Waals surface area contributed by atoms with Gasteiger partial charge in [-0.25, -0.2) is 0 Å². The van der Waals surface area contributed by atoms with Crippen LogP contribution in [0.3, 0.4) is 0 Å². The van der Waals surface area contributed by atoms with E-state index in [2.05, 4.69) is 31.2 Å². The van der Waals surface area contributed by atoms with E-state index in [1.807, 2.05) is 12.1 Å². The third kappa shape index (κ3) is 2.80. The van der Waals surface area contributed by atoms with E-state index in [9.17, 15) is 0 Å². The molecule has 1 fully saturated rings. The summed E-state index contributed by atoms with van der Waals surface area (Å²) in [5.41, 5.74) is 2.61. The summed E-state index contributed by atoms with van der Waals surface area (Å²) in [7, 11) is 2.02. The van der Waals surface area contributed by atoms with Gasteiger partial charge in [0, 0.05) is 13.6 Å². The van der Waals surface area contributed by atoms with Crippen LogP contribution in [0.25, 0.3) is 0 Å². The summed E-state index contributed by atoms with van der Waals surface area (Å²) in [6.07, 6.45) is 3.87. The zero-order chi connectivity index (χ0) is 10.7. The minimum atomic E-state index is 0.248. The first-order valence-corrected chi connectivity index (χ1v) is 5.70. The zero-order valence-corrected chi connectivity index (χ0v) is 9.57. The molecule has 1 aromatic carbocycles. The van der Waals surface area contributed by atoms with Crippen molar-refractivity contribution in [3.05, 3.63) is 35.4 Å². The first-order chi connectivity index (χ1) is 7.25. The number of hydroxylamine groups is 2. The highest BCUT2D eigenvalue weighted by molar-refractivity contribution is 5.23. The molecule has 1 heterocycles. The van der Waals surface area contributed by atoms with Crippen molar-refractivity contribution in [3.63, 3.8) is 0 Å². The number of rotatable bonds is 1. The number of hydrogen-bond donors (Lipinski definition) is 0. The highest BCUT2D eigenvalue weighted by atomic mass is 16.7. The van der Waals surface area contributed by atoms with E-state index < -0.39 is 0 Å². The van der Waals surface area contributed by atoms with Gasteiger partial charge in [0.25, 0.3) is 0 Å². The Labute approximate surface area is 91.8 Å². The average molecular weight is 205 g/mol. The largest absolute Gasteiger partial charge is 0.291 e. The van der Waals surface area contributed by atoms with E-state index in [1.165, 1.54) is 24.0 Å². The lowest BCUT2D eigenvalue weighted by Crippen LogP contribution is -2.20. The van der Waals surface area contributed by atoms with E-state index >= 15 is 0 Å². The predicted molar refractivity (Wildman–Crippen MR) is 61.5 cm³/mol. The molecule has 0 aromatic heterocycles. The van der Waals surface area contributed by atoms with Crippen molar-refractivity contribution in [2.24, 2.45) is 0 Å². The molecule has 0 spiro atoms. The van der Waals surface area contributed by atoms with Crippen LogP contribution in [0.15, 0.2) is 24.3 Å². The van der Waals surface area contributed by atoms with Crippen LogP contribution in [0.4, 0.5) is 0 Å². The zero-order valence-electron chi connectivity index (χ0n) is 9.57. The summed E-state index contributed by atoms with van der Waals surface area (Å²) in [5.74, 6) is 0. The number of hydrogen-bond acceptors (Lipinski definition) is 2. The molecule has 0 bridgehead atoms. The smallest absolute Gasteiger partial charge is 0.104 e. The topological polar surface area (TPSA) is 12.5 Å². The Balaban J connectivity index is 2.11. The molecule has 15 heavy (non-hydrogen) atoms. The molecule has 0 amide bonds. The molecule has 1 aromatic rings. The Morgan fingerprint density at radius 3 is 2.67 bits per heavy atom. The maximum atomic E-state index is 5.87. The SMILES string of the molecule is Cc1ccc(C2CCCCN(C)O2)cc1. The summed E-state index contributed by atoms with van der Waals surface area (Å²) >= 11 is 0. The van der Waals surface area contributed by atoms with Crippen molar-refractivity contribution < 1.29 is 4.84 Å². The molecule has 0 aliphatic carbocycles. The normalized spacial score (nSPS) is 23.7. The summed E-state index contributed by atoms with van der Waals surface area (Å²) in [6.45, 7) is 3.16. The van der Waals surface area contributed by atoms with Crippen LogP contribution >= 0.6 is 0 Å². The molecule has 0 radical (unpaired) electrons. The van der Waals surface area contributed by atoms with E-state index in [4.69, 9.17) is 4.84 Å². The Kier molecular flexibility index (Phi) is 3.39. The molecule has 1 atom stereocenters. The standard InChI is InChI=1S/C13H19NO/c1-11-6-8-12(9-7-11)13-5-3-4-10-14(2)15-13/h6-9,13H,3-5,10H2,1-2H3. The average Bonchev–Trinajstić information content (AvgIpc) is 2.44. The van der Waals surface area contributed by atoms with Gasteiger partial charge in [-0.2, -0.15) is 5.06 Å². The van der Waals surface area contributed by atoms with Gasteiger partial charge in [0.15, 0.2) is 0 Å². The molecule has 2 heteroatoms. The molecule has 1 saturated heterocycles. The van der Waals surface area contributed by atoms with Crippen molar-refractivity contribution in [2.45, 2.75) is 32.3 Å². The van der Waals surface area contributed by atoms with Gasteiger partial charge in [0.05, 0.1) is 0 Å². The molecule has 0 saturated carbocycles. The van der Waals surface area contributed by atoms with Crippen molar-refractivity contribution in [1.82, 2.24) is 5.06 Å². The maximum absolute atomic E-state index is 5.87. The lowest BCUT2D eigenvalue weighted by molar-refractivity contribution is -0.176. The van der Waals surface area contributed by atoms with Gasteiger partial charge in [-0.15, -0.1) is 0 Å². The second kappa shape index (κ2) is 4.77. The lowest BCUT2D eigenvalue weighted by Gasteiger charge is -2.20. The molecular weight excluding hydrogens is 186 g/mol. The lowest BCUT2D eigenvalue weighted by atomic mass is 10.0. The molecule has 82 valence electrons. The number of aryl methyl sites for hydroxylation is 1. The minimum Gasteiger partial charge on any atom is -0.291 e. The molecule has 0 N–H and O–H groups in total. The van der Waals surface area contributed by atoms with Gasteiger partial charge < -0.3 is 0 Å². The third-order valence-electron chi connectivity index (χ3n) is 2.95. The van der Waals surface area contributed by atoms with Crippen molar-refractivity contribution >= 4 is 0 Å². The van der Waals surface area contributed by atoms with Gasteiger partial charge in [-0.3, -0.25) is 4.84 Å². The quantitative estimate of drug-likeness (QED) is 0.698. The number of nitrogens with zero attached hydrogens (tertiary/aromatic N) is 1. The van der Waals surface area contributed by atoms with Crippen LogP contribution in [-0.4, -0.2) is 18.7 Å². The Hall–Kier alpha value is -0.860. The second-order valence-electron chi connectivity index (χ2n) is 4.35. The minimum absolute atomic E-state index is 0.248. The summed E-state index contributed by atoms with van der Waals surface area (Å²) in [5, 5.41) is 1.97. The van der Waals surface area contributed by atoms with Gasteiger partial charge in [0.1, 0.15) is 6.10 Å². The van der Waals surface area contributed by atoms with Crippen molar-refractivity contribution in [3.8, 4) is 0 Å². The van der Waals surface area contributed by atoms with E-state index in [-0.39, 0.29) is 6.10 Å². The van der Waals surface area contributed by atoms with Gasteiger partial charge in [0.2, 0.25) is 0 Å². The Morgan fingerprint density at radius 2 is 1.93 bits per heavy atom. The highest BCUT2D eigenvalue weighted by Crippen LogP contribution is 2.27. The van der Waals surface area contributed by atoms with Gasteiger partial charge >= 0.3 is 0 Å². The predicted octanol–water partition coefficient (Wildman–Crippen LogP) is 3.08. The van der Waals surface area contributed by atoms with Gasteiger partial charge in [-0.05, 0) is 31.7 Å². The first kappa shape index (κ1) is 10.7. The van der Waals surface area contributed by atoms with Crippen molar-refractivity contribution in [2.75, 3.05) is 13.6 Å². The fourth-order valence-electron chi connectivity index (χ4n) is 2.00. The van der Waals surface area contributed by atoms with E-state index in [0.717, 1.165) is 13.0 Å². The van der Waals surface area contributed by atoms with Crippen LogP contribution in [0.1, 0.15) is 36.5 Å². The number of benzene rings is 1. The third-order valence-corrected chi connectivity index (χ3v) is 2.95. The summed E-state index contributed by atoms with van der Waals surface area (Å²) in [6, 6.07) is 8.67. The maximum Gasteiger partial charge on any atom is 0.104 e. The van der Waals surface area contributed by atoms with Crippen LogP contribution in [-0.2, 0) is 4.84 Å². The molecule has 1 aliphatic heterocycles. The molecule has 2 nitrogen and oxygen atoms in total. The summed E-state index contributed by atoms with van der Waals surface area (Å²) < 4.78 is 0. The Bertz CT molecular complexity index is 307. The second-order valence-corrected chi connectivity index (χ2v) is 4.35. The molecule has 1 unspecified atom stereocenters. The van der Waals surface area contributed by atoms with Crippen LogP contribution in [0.5, 0.6) is 0 Å². The van der Waals surface area contributed by atoms with Crippen molar-refractivity contribution in [1.29, 1.82) is 0 Å². The van der Waals surface area contributed by atoms with Crippen LogP contribution in [0, 0.1) is 6.92 Å². The van der Waals surface area contributed by atoms with Gasteiger partial charge in [-0.1, -0.05) is 29.8 Å². The van der Waals surface area contributed by atoms with E-state index in [0.29, 0.717) is 0 Å². The fourth-order valence-corrected chi connectivity index (χ4v) is 2.00.